The third-order valence-corrected chi connectivity index (χ3v) is 5.23. The van der Waals surface area contributed by atoms with Crippen LogP contribution in [0.5, 0.6) is 5.75 Å². The first-order valence-electron chi connectivity index (χ1n) is 8.59. The van der Waals surface area contributed by atoms with E-state index in [4.69, 9.17) is 4.74 Å². The number of aromatic nitrogens is 2. The molecular weight excluding hydrogens is 355 g/mol. The van der Waals surface area contributed by atoms with Crippen LogP contribution < -0.4 is 10.1 Å². The zero-order valence-electron chi connectivity index (χ0n) is 15.4. The minimum absolute atomic E-state index is 0.0528. The number of carbonyl (C=O) groups excluding carboxylic acids is 1. The van der Waals surface area contributed by atoms with Gasteiger partial charge in [-0.25, -0.2) is 0 Å². The Balaban J connectivity index is 1.63. The minimum Gasteiger partial charge on any atom is -0.489 e. The van der Waals surface area contributed by atoms with Gasteiger partial charge in [-0.15, -0.1) is 0 Å². The van der Waals surface area contributed by atoms with Crippen LogP contribution in [0.4, 0.5) is 9.52 Å². The highest BCUT2D eigenvalue weighted by Gasteiger charge is 2.31. The number of rotatable bonds is 5. The third kappa shape index (κ3) is 4.56. The van der Waals surface area contributed by atoms with E-state index in [1.165, 1.54) is 18.3 Å². The minimum atomic E-state index is -0.518. The number of anilines is 1. The fourth-order valence-corrected chi connectivity index (χ4v) is 4.14. The molecule has 3 heterocycles. The van der Waals surface area contributed by atoms with Crippen molar-refractivity contribution in [3.8, 4) is 5.75 Å². The van der Waals surface area contributed by atoms with Gasteiger partial charge < -0.3 is 10.1 Å². The Morgan fingerprint density at radius 2 is 2.08 bits per heavy atom. The predicted octanol–water partition coefficient (Wildman–Crippen LogP) is 3.29. The molecule has 1 aliphatic rings. The van der Waals surface area contributed by atoms with Crippen molar-refractivity contribution in [2.45, 2.75) is 52.8 Å². The van der Waals surface area contributed by atoms with E-state index in [0.29, 0.717) is 23.1 Å². The van der Waals surface area contributed by atoms with Gasteiger partial charge in [0.15, 0.2) is 5.13 Å². The van der Waals surface area contributed by atoms with E-state index in [-0.39, 0.29) is 18.1 Å². The zero-order valence-corrected chi connectivity index (χ0v) is 16.2. The SMILES string of the molecule is CC(=O)Nc1nc(F)c(CN2C[C@H](Oc3cc(C)nc(C)c3)C[C@@H]2C)s1. The molecule has 0 spiro atoms. The molecule has 26 heavy (non-hydrogen) atoms. The number of pyridine rings is 1. The van der Waals surface area contributed by atoms with Crippen LogP contribution in [-0.2, 0) is 11.3 Å². The third-order valence-electron chi connectivity index (χ3n) is 4.30. The Morgan fingerprint density at radius 1 is 1.38 bits per heavy atom. The molecule has 2 aromatic rings. The molecule has 0 bridgehead atoms. The van der Waals surface area contributed by atoms with Crippen LogP contribution in [0.2, 0.25) is 0 Å². The second-order valence-corrected chi connectivity index (χ2v) is 7.84. The molecule has 1 N–H and O–H groups in total. The van der Waals surface area contributed by atoms with Gasteiger partial charge in [0.2, 0.25) is 11.9 Å². The van der Waals surface area contributed by atoms with Crippen molar-refractivity contribution in [3.63, 3.8) is 0 Å². The number of aryl methyl sites for hydroxylation is 2. The van der Waals surface area contributed by atoms with Crippen molar-refractivity contribution in [3.05, 3.63) is 34.3 Å². The van der Waals surface area contributed by atoms with E-state index >= 15 is 0 Å². The summed E-state index contributed by atoms with van der Waals surface area (Å²) in [6.07, 6.45) is 0.927. The van der Waals surface area contributed by atoms with E-state index in [1.807, 2.05) is 26.0 Å². The normalized spacial score (nSPS) is 20.3. The van der Waals surface area contributed by atoms with Gasteiger partial charge in [0, 0.05) is 56.0 Å². The van der Waals surface area contributed by atoms with Gasteiger partial charge in [-0.05, 0) is 20.8 Å². The molecule has 6 nitrogen and oxygen atoms in total. The predicted molar refractivity (Wildman–Crippen MR) is 99.0 cm³/mol. The molecule has 0 unspecified atom stereocenters. The second kappa shape index (κ2) is 7.67. The van der Waals surface area contributed by atoms with Gasteiger partial charge in [0.05, 0.1) is 4.88 Å². The first-order valence-corrected chi connectivity index (χ1v) is 9.40. The molecule has 8 heteroatoms. The Bertz CT molecular complexity index is 790. The molecule has 140 valence electrons. The Labute approximate surface area is 156 Å². The second-order valence-electron chi connectivity index (χ2n) is 6.75. The smallest absolute Gasteiger partial charge is 0.230 e. The van der Waals surface area contributed by atoms with E-state index < -0.39 is 5.95 Å². The van der Waals surface area contributed by atoms with Crippen molar-refractivity contribution >= 4 is 22.4 Å². The molecular formula is C18H23FN4O2S. The number of nitrogens with one attached hydrogen (secondary N) is 1. The van der Waals surface area contributed by atoms with Gasteiger partial charge in [-0.1, -0.05) is 11.3 Å². The maximum Gasteiger partial charge on any atom is 0.230 e. The topological polar surface area (TPSA) is 67.4 Å². The highest BCUT2D eigenvalue weighted by molar-refractivity contribution is 7.15. The van der Waals surface area contributed by atoms with E-state index in [0.717, 1.165) is 23.6 Å². The Morgan fingerprint density at radius 3 is 2.73 bits per heavy atom. The van der Waals surface area contributed by atoms with Crippen molar-refractivity contribution < 1.29 is 13.9 Å². The van der Waals surface area contributed by atoms with Crippen molar-refractivity contribution in [2.24, 2.45) is 0 Å². The van der Waals surface area contributed by atoms with Crippen molar-refractivity contribution in [1.29, 1.82) is 0 Å². The van der Waals surface area contributed by atoms with Crippen LogP contribution in [-0.4, -0.2) is 39.5 Å². The maximum absolute atomic E-state index is 14.1. The molecule has 2 atom stereocenters. The number of thiazole rings is 1. The number of hydrogen-bond acceptors (Lipinski definition) is 6. The number of likely N-dealkylation sites (tertiary alicyclic amines) is 1. The highest BCUT2D eigenvalue weighted by Crippen LogP contribution is 2.29. The molecule has 1 fully saturated rings. The number of ether oxygens (including phenoxy) is 1. The Kier molecular flexibility index (Phi) is 5.52. The molecule has 0 radical (unpaired) electrons. The van der Waals surface area contributed by atoms with Crippen molar-refractivity contribution in [2.75, 3.05) is 11.9 Å². The van der Waals surface area contributed by atoms with Gasteiger partial charge >= 0.3 is 0 Å². The van der Waals surface area contributed by atoms with Crippen LogP contribution >= 0.6 is 11.3 Å². The molecule has 2 aromatic heterocycles. The number of amides is 1. The lowest BCUT2D eigenvalue weighted by atomic mass is 10.2. The summed E-state index contributed by atoms with van der Waals surface area (Å²) in [4.78, 5) is 21.9. The standard InChI is InChI=1S/C18H23FN4O2S/c1-10-5-14(6-11(2)20-10)25-15-7-12(3)23(8-15)9-16-17(19)22-18(26-16)21-13(4)24/h5-6,12,15H,7-9H2,1-4H3,(H,21,22,24)/t12-,15+/m0/s1. The van der Waals surface area contributed by atoms with Crippen LogP contribution in [0.25, 0.3) is 0 Å². The first kappa shape index (κ1) is 18.7. The zero-order chi connectivity index (χ0) is 18.8. The molecule has 0 aromatic carbocycles. The van der Waals surface area contributed by atoms with Crippen LogP contribution in [0.15, 0.2) is 12.1 Å². The van der Waals surface area contributed by atoms with E-state index in [1.54, 1.807) is 0 Å². The van der Waals surface area contributed by atoms with Gasteiger partial charge in [0.25, 0.3) is 0 Å². The van der Waals surface area contributed by atoms with E-state index in [9.17, 15) is 9.18 Å². The molecule has 0 saturated carbocycles. The number of hydrogen-bond donors (Lipinski definition) is 1. The average Bonchev–Trinajstić information content (AvgIpc) is 3.00. The van der Waals surface area contributed by atoms with Crippen LogP contribution in [0, 0.1) is 19.8 Å². The summed E-state index contributed by atoms with van der Waals surface area (Å²) >= 11 is 1.18. The number of carbonyl (C=O) groups is 1. The number of nitrogens with zero attached hydrogens (tertiary/aromatic N) is 3. The van der Waals surface area contributed by atoms with Crippen LogP contribution in [0.1, 0.15) is 36.5 Å². The Hall–Kier alpha value is -2.06. The van der Waals surface area contributed by atoms with Gasteiger partial charge in [0.1, 0.15) is 11.9 Å². The first-order chi connectivity index (χ1) is 12.3. The summed E-state index contributed by atoms with van der Waals surface area (Å²) < 4.78 is 20.2. The highest BCUT2D eigenvalue weighted by atomic mass is 32.1. The summed E-state index contributed by atoms with van der Waals surface area (Å²) in [5, 5.41) is 2.83. The summed E-state index contributed by atoms with van der Waals surface area (Å²) in [6.45, 7) is 8.56. The summed E-state index contributed by atoms with van der Waals surface area (Å²) in [7, 11) is 0. The molecule has 3 rings (SSSR count). The molecule has 1 amide bonds. The lowest BCUT2D eigenvalue weighted by Gasteiger charge is -2.19. The summed E-state index contributed by atoms with van der Waals surface area (Å²) in [5.41, 5.74) is 1.86. The summed E-state index contributed by atoms with van der Waals surface area (Å²) in [5.74, 6) is 0.0536. The summed E-state index contributed by atoms with van der Waals surface area (Å²) in [6, 6.07) is 4.14. The van der Waals surface area contributed by atoms with Crippen molar-refractivity contribution in [1.82, 2.24) is 14.9 Å². The number of halogens is 1. The fourth-order valence-electron chi connectivity index (χ4n) is 3.23. The lowest BCUT2D eigenvalue weighted by molar-refractivity contribution is -0.114. The van der Waals surface area contributed by atoms with Crippen LogP contribution in [0.3, 0.4) is 0 Å². The quantitative estimate of drug-likeness (QED) is 0.865. The maximum atomic E-state index is 14.1. The molecule has 0 aliphatic carbocycles. The molecule has 1 saturated heterocycles. The van der Waals surface area contributed by atoms with Gasteiger partial charge in [-0.3, -0.25) is 14.7 Å². The average molecular weight is 378 g/mol. The fraction of sp³-hybridized carbons (Fsp3) is 0.500. The van der Waals surface area contributed by atoms with E-state index in [2.05, 4.69) is 27.1 Å². The van der Waals surface area contributed by atoms with Gasteiger partial charge in [-0.2, -0.15) is 9.37 Å². The largest absolute Gasteiger partial charge is 0.489 e. The monoisotopic (exact) mass is 378 g/mol. The lowest BCUT2D eigenvalue weighted by Crippen LogP contribution is -2.28. The molecule has 1 aliphatic heterocycles.